The van der Waals surface area contributed by atoms with Crippen molar-refractivity contribution in [3.63, 3.8) is 0 Å². The average molecular weight is 392 g/mol. The van der Waals surface area contributed by atoms with Gasteiger partial charge in [-0.05, 0) is 62.7 Å². The number of hydrogen-bond acceptors (Lipinski definition) is 4. The fraction of sp³-hybridized carbons (Fsp3) is 0.227. The molecule has 0 atom stereocenters. The van der Waals surface area contributed by atoms with E-state index in [-0.39, 0.29) is 5.91 Å². The largest absolute Gasteiger partial charge is 0.444 e. The summed E-state index contributed by atoms with van der Waals surface area (Å²) in [6.07, 6.45) is 3.07. The zero-order valence-electron chi connectivity index (χ0n) is 16.7. The van der Waals surface area contributed by atoms with E-state index in [2.05, 4.69) is 15.7 Å². The monoisotopic (exact) mass is 392 g/mol. The minimum Gasteiger partial charge on any atom is -0.444 e. The highest BCUT2D eigenvalue weighted by molar-refractivity contribution is 6.05. The summed E-state index contributed by atoms with van der Waals surface area (Å²) in [5.41, 5.74) is 2.09. The van der Waals surface area contributed by atoms with Crippen LogP contribution >= 0.6 is 0 Å². The molecule has 0 saturated carbocycles. The number of ether oxygens (including phenoxy) is 1. The molecule has 7 nitrogen and oxygen atoms in total. The summed E-state index contributed by atoms with van der Waals surface area (Å²) < 4.78 is 7.06. The molecule has 0 saturated heterocycles. The van der Waals surface area contributed by atoms with Gasteiger partial charge in [0.25, 0.3) is 5.91 Å². The van der Waals surface area contributed by atoms with E-state index < -0.39 is 11.7 Å². The third kappa shape index (κ3) is 6.21. The molecule has 0 aliphatic rings. The number of nitrogens with one attached hydrogen (secondary N) is 2. The van der Waals surface area contributed by atoms with E-state index in [0.29, 0.717) is 23.5 Å². The molecular formula is C22H24N4O3. The normalized spacial score (nSPS) is 11.0. The first-order valence-corrected chi connectivity index (χ1v) is 9.26. The predicted octanol–water partition coefficient (Wildman–Crippen LogP) is 4.53. The van der Waals surface area contributed by atoms with E-state index in [1.165, 1.54) is 0 Å². The van der Waals surface area contributed by atoms with Crippen LogP contribution in [0.15, 0.2) is 67.0 Å². The zero-order valence-corrected chi connectivity index (χ0v) is 16.7. The molecule has 0 aliphatic carbocycles. The molecule has 0 spiro atoms. The van der Waals surface area contributed by atoms with Gasteiger partial charge in [0.05, 0.1) is 6.54 Å². The van der Waals surface area contributed by atoms with Crippen molar-refractivity contribution in [1.82, 2.24) is 9.78 Å². The van der Waals surface area contributed by atoms with Gasteiger partial charge in [-0.3, -0.25) is 14.8 Å². The van der Waals surface area contributed by atoms with Crippen LogP contribution in [0, 0.1) is 0 Å². The minimum atomic E-state index is -0.595. The lowest BCUT2D eigenvalue weighted by molar-refractivity contribution is 0.0635. The highest BCUT2D eigenvalue weighted by Gasteiger charge is 2.16. The maximum atomic E-state index is 12.6. The molecule has 0 fully saturated rings. The van der Waals surface area contributed by atoms with Crippen LogP contribution in [0.5, 0.6) is 0 Å². The van der Waals surface area contributed by atoms with Crippen molar-refractivity contribution >= 4 is 23.4 Å². The number of anilines is 2. The molecule has 1 heterocycles. The van der Waals surface area contributed by atoms with Crippen LogP contribution < -0.4 is 10.6 Å². The van der Waals surface area contributed by atoms with Gasteiger partial charge >= 0.3 is 6.09 Å². The van der Waals surface area contributed by atoms with Crippen molar-refractivity contribution in [3.8, 4) is 0 Å². The molecule has 0 aliphatic heterocycles. The Morgan fingerprint density at radius 2 is 1.76 bits per heavy atom. The van der Waals surface area contributed by atoms with Crippen LogP contribution in [0.4, 0.5) is 16.2 Å². The van der Waals surface area contributed by atoms with E-state index in [1.54, 1.807) is 51.2 Å². The van der Waals surface area contributed by atoms with Gasteiger partial charge < -0.3 is 10.1 Å². The van der Waals surface area contributed by atoms with Gasteiger partial charge in [0.1, 0.15) is 5.60 Å². The molecule has 3 aromatic rings. The van der Waals surface area contributed by atoms with Crippen LogP contribution in [0.1, 0.15) is 36.7 Å². The summed E-state index contributed by atoms with van der Waals surface area (Å²) >= 11 is 0. The summed E-state index contributed by atoms with van der Waals surface area (Å²) in [5.74, 6) is -0.266. The fourth-order valence-electron chi connectivity index (χ4n) is 2.64. The molecule has 150 valence electrons. The zero-order chi connectivity index (χ0) is 20.9. The molecule has 2 amide bonds. The van der Waals surface area contributed by atoms with Crippen molar-refractivity contribution in [2.45, 2.75) is 32.9 Å². The quantitative estimate of drug-likeness (QED) is 0.668. The van der Waals surface area contributed by atoms with Gasteiger partial charge in [0.2, 0.25) is 0 Å². The molecule has 3 rings (SSSR count). The molecule has 29 heavy (non-hydrogen) atoms. The average Bonchev–Trinajstić information content (AvgIpc) is 3.15. The minimum absolute atomic E-state index is 0.266. The standard InChI is InChI=1S/C22H24N4O3/c1-22(2,3)29-21(28)25-19-7-4-6-17(14-19)20(27)24-18-10-8-16(9-11-18)15-26-13-5-12-23-26/h4-14H,15H2,1-3H3,(H,24,27)(H,25,28). The molecule has 7 heteroatoms. The number of carbonyl (C=O) groups excluding carboxylic acids is 2. The maximum absolute atomic E-state index is 12.6. The van der Waals surface area contributed by atoms with Crippen LogP contribution in [0.2, 0.25) is 0 Å². The number of amides is 2. The number of benzene rings is 2. The van der Waals surface area contributed by atoms with Gasteiger partial charge in [-0.25, -0.2) is 4.79 Å². The van der Waals surface area contributed by atoms with Crippen LogP contribution in [-0.2, 0) is 11.3 Å². The highest BCUT2D eigenvalue weighted by atomic mass is 16.6. The molecule has 0 unspecified atom stereocenters. The second-order valence-corrected chi connectivity index (χ2v) is 7.56. The topological polar surface area (TPSA) is 85.2 Å². The van der Waals surface area contributed by atoms with Gasteiger partial charge in [-0.1, -0.05) is 18.2 Å². The molecule has 1 aromatic heterocycles. The molecule has 0 radical (unpaired) electrons. The smallest absolute Gasteiger partial charge is 0.412 e. The molecule has 2 N–H and O–H groups in total. The van der Waals surface area contributed by atoms with E-state index in [4.69, 9.17) is 4.74 Å². The number of rotatable bonds is 5. The Morgan fingerprint density at radius 3 is 2.41 bits per heavy atom. The Balaban J connectivity index is 1.61. The van der Waals surface area contributed by atoms with Gasteiger partial charge in [-0.15, -0.1) is 0 Å². The Bertz CT molecular complexity index is 974. The van der Waals surface area contributed by atoms with Gasteiger partial charge in [0, 0.05) is 29.3 Å². The second-order valence-electron chi connectivity index (χ2n) is 7.56. The van der Waals surface area contributed by atoms with Crippen LogP contribution in [0.3, 0.4) is 0 Å². The predicted molar refractivity (Wildman–Crippen MR) is 112 cm³/mol. The summed E-state index contributed by atoms with van der Waals surface area (Å²) in [6, 6.07) is 16.1. The van der Waals surface area contributed by atoms with Gasteiger partial charge in [-0.2, -0.15) is 5.10 Å². The van der Waals surface area contributed by atoms with Crippen molar-refractivity contribution < 1.29 is 14.3 Å². The van der Waals surface area contributed by atoms with Gasteiger partial charge in [0.15, 0.2) is 0 Å². The maximum Gasteiger partial charge on any atom is 0.412 e. The molecular weight excluding hydrogens is 368 g/mol. The van der Waals surface area contributed by atoms with Crippen molar-refractivity contribution in [3.05, 3.63) is 78.1 Å². The first kappa shape index (κ1) is 20.1. The van der Waals surface area contributed by atoms with E-state index >= 15 is 0 Å². The summed E-state index contributed by atoms with van der Waals surface area (Å²) in [5, 5.41) is 9.67. The summed E-state index contributed by atoms with van der Waals surface area (Å²) in [7, 11) is 0. The SMILES string of the molecule is CC(C)(C)OC(=O)Nc1cccc(C(=O)Nc2ccc(Cn3cccn3)cc2)c1. The van der Waals surface area contributed by atoms with Crippen molar-refractivity contribution in [1.29, 1.82) is 0 Å². The number of hydrogen-bond donors (Lipinski definition) is 2. The van der Waals surface area contributed by atoms with Crippen LogP contribution in [-0.4, -0.2) is 27.4 Å². The first-order chi connectivity index (χ1) is 13.8. The summed E-state index contributed by atoms with van der Waals surface area (Å²) in [6.45, 7) is 6.03. The van der Waals surface area contributed by atoms with Crippen molar-refractivity contribution in [2.24, 2.45) is 0 Å². The summed E-state index contributed by atoms with van der Waals surface area (Å²) in [4.78, 5) is 24.5. The third-order valence-electron chi connectivity index (χ3n) is 3.89. The number of aromatic nitrogens is 2. The van der Waals surface area contributed by atoms with Crippen molar-refractivity contribution in [2.75, 3.05) is 10.6 Å². The lowest BCUT2D eigenvalue weighted by Crippen LogP contribution is -2.27. The number of nitrogens with zero attached hydrogens (tertiary/aromatic N) is 2. The lowest BCUT2D eigenvalue weighted by Gasteiger charge is -2.19. The fourth-order valence-corrected chi connectivity index (χ4v) is 2.64. The molecule has 0 bridgehead atoms. The Labute approximate surface area is 169 Å². The lowest BCUT2D eigenvalue weighted by atomic mass is 10.1. The van der Waals surface area contributed by atoms with Crippen LogP contribution in [0.25, 0.3) is 0 Å². The van der Waals surface area contributed by atoms with E-state index in [9.17, 15) is 9.59 Å². The van der Waals surface area contributed by atoms with E-state index in [1.807, 2.05) is 41.2 Å². The highest BCUT2D eigenvalue weighted by Crippen LogP contribution is 2.16. The third-order valence-corrected chi connectivity index (χ3v) is 3.89. The molecule has 2 aromatic carbocycles. The Morgan fingerprint density at radius 1 is 1.00 bits per heavy atom. The van der Waals surface area contributed by atoms with E-state index in [0.717, 1.165) is 5.56 Å². The second kappa shape index (κ2) is 8.60. The Hall–Kier alpha value is -3.61. The Kier molecular flexibility index (Phi) is 5.97. The number of carbonyl (C=O) groups is 2. The first-order valence-electron chi connectivity index (χ1n) is 9.26.